The van der Waals surface area contributed by atoms with Crippen LogP contribution in [0.5, 0.6) is 0 Å². The van der Waals surface area contributed by atoms with E-state index in [1.807, 2.05) is 24.3 Å². The van der Waals surface area contributed by atoms with Crippen LogP contribution in [0.4, 0.5) is 11.4 Å². The minimum absolute atomic E-state index is 0.107. The maximum absolute atomic E-state index is 11.1. The molecule has 0 amide bonds. The molecule has 0 spiro atoms. The molecule has 0 aliphatic carbocycles. The fraction of sp³-hybridized carbons (Fsp3) is 0. The Hall–Kier alpha value is -1.12. The van der Waals surface area contributed by atoms with E-state index in [1.165, 1.54) is 12.1 Å². The summed E-state index contributed by atoms with van der Waals surface area (Å²) in [5.74, 6) is 0. The van der Waals surface area contributed by atoms with Crippen molar-refractivity contribution < 1.29 is 8.42 Å². The summed E-state index contributed by atoms with van der Waals surface area (Å²) in [5, 5.41) is 8.20. The average Bonchev–Trinajstić information content (AvgIpc) is 2.32. The van der Waals surface area contributed by atoms with Gasteiger partial charge in [-0.1, -0.05) is 0 Å². The maximum atomic E-state index is 11.1. The van der Waals surface area contributed by atoms with E-state index >= 15 is 0 Å². The molecule has 0 aliphatic rings. The van der Waals surface area contributed by atoms with E-state index < -0.39 is 10.0 Å². The van der Waals surface area contributed by atoms with Gasteiger partial charge >= 0.3 is 0 Å². The molecule has 0 aromatic heterocycles. The predicted octanol–water partition coefficient (Wildman–Crippen LogP) is 2.68. The topological polar surface area (TPSA) is 72.2 Å². The molecule has 94 valence electrons. The van der Waals surface area contributed by atoms with Crippen LogP contribution in [0.3, 0.4) is 0 Å². The lowest BCUT2D eigenvalue weighted by Crippen LogP contribution is -2.11. The molecule has 0 aliphatic heterocycles. The number of primary sulfonamides is 1. The molecule has 2 aromatic rings. The number of nitrogens with two attached hydrogens (primary N) is 1. The van der Waals surface area contributed by atoms with Gasteiger partial charge in [0.2, 0.25) is 10.0 Å². The number of benzene rings is 2. The molecule has 0 saturated heterocycles. The molecule has 6 heteroatoms. The highest BCUT2D eigenvalue weighted by atomic mass is 127. The van der Waals surface area contributed by atoms with Gasteiger partial charge in [-0.25, -0.2) is 13.6 Å². The quantitative estimate of drug-likeness (QED) is 0.812. The third-order valence-electron chi connectivity index (χ3n) is 2.32. The molecule has 0 fully saturated rings. The third-order valence-corrected chi connectivity index (χ3v) is 3.96. The van der Waals surface area contributed by atoms with Gasteiger partial charge < -0.3 is 5.32 Å². The van der Waals surface area contributed by atoms with Gasteiger partial charge in [-0.15, -0.1) is 0 Å². The molecule has 2 aromatic carbocycles. The van der Waals surface area contributed by atoms with Crippen LogP contribution in [0.1, 0.15) is 0 Å². The standard InChI is InChI=1S/C12H11IN2O2S/c13-9-1-3-10(4-2-9)15-11-5-7-12(8-6-11)18(14,16)17/h1-8,15H,(H2,14,16,17). The highest BCUT2D eigenvalue weighted by molar-refractivity contribution is 14.1. The predicted molar refractivity (Wildman–Crippen MR) is 80.3 cm³/mol. The second kappa shape index (κ2) is 5.25. The van der Waals surface area contributed by atoms with Crippen molar-refractivity contribution in [1.82, 2.24) is 0 Å². The summed E-state index contributed by atoms with van der Waals surface area (Å²) < 4.78 is 23.3. The molecule has 0 saturated carbocycles. The van der Waals surface area contributed by atoms with E-state index in [0.717, 1.165) is 14.9 Å². The average molecular weight is 374 g/mol. The smallest absolute Gasteiger partial charge is 0.238 e. The molecule has 4 nitrogen and oxygen atoms in total. The van der Waals surface area contributed by atoms with Gasteiger partial charge in [0.15, 0.2) is 0 Å². The van der Waals surface area contributed by atoms with E-state index in [2.05, 4.69) is 27.9 Å². The van der Waals surface area contributed by atoms with E-state index in [0.29, 0.717) is 0 Å². The van der Waals surface area contributed by atoms with Gasteiger partial charge in [0.05, 0.1) is 4.90 Å². The minimum Gasteiger partial charge on any atom is -0.356 e. The first-order valence-electron chi connectivity index (χ1n) is 5.10. The highest BCUT2D eigenvalue weighted by Crippen LogP contribution is 2.19. The molecular formula is C12H11IN2O2S. The first-order valence-corrected chi connectivity index (χ1v) is 7.73. The minimum atomic E-state index is -3.63. The first-order chi connectivity index (χ1) is 8.45. The van der Waals surface area contributed by atoms with E-state index in [-0.39, 0.29) is 4.90 Å². The Morgan fingerprint density at radius 2 is 1.33 bits per heavy atom. The molecule has 18 heavy (non-hydrogen) atoms. The van der Waals surface area contributed by atoms with Gasteiger partial charge in [-0.3, -0.25) is 0 Å². The Kier molecular flexibility index (Phi) is 3.88. The van der Waals surface area contributed by atoms with Crippen molar-refractivity contribution in [3.63, 3.8) is 0 Å². The Bertz CT molecular complexity index is 637. The summed E-state index contributed by atoms with van der Waals surface area (Å²) in [6.07, 6.45) is 0. The number of sulfonamides is 1. The van der Waals surface area contributed by atoms with Gasteiger partial charge in [0.25, 0.3) is 0 Å². The Balaban J connectivity index is 2.18. The zero-order chi connectivity index (χ0) is 13.2. The van der Waals surface area contributed by atoms with Crippen molar-refractivity contribution in [3.8, 4) is 0 Å². The van der Waals surface area contributed by atoms with Crippen molar-refractivity contribution in [3.05, 3.63) is 52.1 Å². The van der Waals surface area contributed by atoms with Gasteiger partial charge in [-0.2, -0.15) is 0 Å². The molecule has 0 bridgehead atoms. The fourth-order valence-corrected chi connectivity index (χ4v) is 2.30. The van der Waals surface area contributed by atoms with E-state index in [4.69, 9.17) is 5.14 Å². The second-order valence-corrected chi connectivity index (χ2v) is 6.51. The van der Waals surface area contributed by atoms with Crippen LogP contribution in [0, 0.1) is 3.57 Å². The first kappa shape index (κ1) is 13.3. The van der Waals surface area contributed by atoms with Crippen molar-refractivity contribution in [2.45, 2.75) is 4.90 Å². The summed E-state index contributed by atoms with van der Waals surface area (Å²) in [6, 6.07) is 14.2. The Morgan fingerprint density at radius 1 is 0.889 bits per heavy atom. The molecule has 2 rings (SSSR count). The van der Waals surface area contributed by atoms with Crippen LogP contribution < -0.4 is 10.5 Å². The van der Waals surface area contributed by atoms with Crippen molar-refractivity contribution in [1.29, 1.82) is 0 Å². The third kappa shape index (κ3) is 3.44. The summed E-state index contributed by atoms with van der Waals surface area (Å²) in [6.45, 7) is 0. The van der Waals surface area contributed by atoms with Crippen molar-refractivity contribution in [2.75, 3.05) is 5.32 Å². The van der Waals surface area contributed by atoms with Crippen LogP contribution in [0.15, 0.2) is 53.4 Å². The monoisotopic (exact) mass is 374 g/mol. The number of hydrogen-bond acceptors (Lipinski definition) is 3. The van der Waals surface area contributed by atoms with Crippen LogP contribution in [-0.4, -0.2) is 8.42 Å². The molecule has 0 radical (unpaired) electrons. The number of nitrogens with one attached hydrogen (secondary N) is 1. The summed E-state index contributed by atoms with van der Waals surface area (Å²) in [5.41, 5.74) is 1.75. The van der Waals surface area contributed by atoms with Crippen LogP contribution in [-0.2, 0) is 10.0 Å². The maximum Gasteiger partial charge on any atom is 0.238 e. The second-order valence-electron chi connectivity index (χ2n) is 3.70. The normalized spacial score (nSPS) is 11.2. The van der Waals surface area contributed by atoms with Crippen LogP contribution in [0.25, 0.3) is 0 Å². The lowest BCUT2D eigenvalue weighted by atomic mass is 10.3. The highest BCUT2D eigenvalue weighted by Gasteiger charge is 2.06. The lowest BCUT2D eigenvalue weighted by Gasteiger charge is -2.07. The fourth-order valence-electron chi connectivity index (χ4n) is 1.43. The van der Waals surface area contributed by atoms with Crippen molar-refractivity contribution in [2.24, 2.45) is 5.14 Å². The van der Waals surface area contributed by atoms with Gasteiger partial charge in [0.1, 0.15) is 0 Å². The summed E-state index contributed by atoms with van der Waals surface area (Å²) in [7, 11) is -3.63. The molecule has 0 atom stereocenters. The lowest BCUT2D eigenvalue weighted by molar-refractivity contribution is 0.598. The number of rotatable bonds is 3. The van der Waals surface area contributed by atoms with E-state index in [9.17, 15) is 8.42 Å². The molecule has 0 heterocycles. The van der Waals surface area contributed by atoms with Gasteiger partial charge in [0, 0.05) is 14.9 Å². The largest absolute Gasteiger partial charge is 0.356 e. The number of hydrogen-bond donors (Lipinski definition) is 2. The molecule has 0 unspecified atom stereocenters. The SMILES string of the molecule is NS(=O)(=O)c1ccc(Nc2ccc(I)cc2)cc1. The van der Waals surface area contributed by atoms with Crippen LogP contribution in [0.2, 0.25) is 0 Å². The Labute approximate surface area is 119 Å². The zero-order valence-corrected chi connectivity index (χ0v) is 12.3. The van der Waals surface area contributed by atoms with Crippen LogP contribution >= 0.6 is 22.6 Å². The molecular weight excluding hydrogens is 363 g/mol. The van der Waals surface area contributed by atoms with Gasteiger partial charge in [-0.05, 0) is 71.1 Å². The molecule has 3 N–H and O–H groups in total. The van der Waals surface area contributed by atoms with Crippen molar-refractivity contribution >= 4 is 44.0 Å². The summed E-state index contributed by atoms with van der Waals surface area (Å²) in [4.78, 5) is 0.107. The Morgan fingerprint density at radius 3 is 1.78 bits per heavy atom. The summed E-state index contributed by atoms with van der Waals surface area (Å²) >= 11 is 2.23. The van der Waals surface area contributed by atoms with E-state index in [1.54, 1.807) is 12.1 Å². The zero-order valence-electron chi connectivity index (χ0n) is 9.30. The number of anilines is 2. The number of halogens is 1.